The van der Waals surface area contributed by atoms with Gasteiger partial charge in [-0.25, -0.2) is 0 Å². The summed E-state index contributed by atoms with van der Waals surface area (Å²) in [6, 6.07) is 7.15. The van der Waals surface area contributed by atoms with Crippen LogP contribution in [-0.2, 0) is 4.74 Å². The average Bonchev–Trinajstić information content (AvgIpc) is 2.54. The van der Waals surface area contributed by atoms with E-state index in [1.54, 1.807) is 14.2 Å². The molecule has 1 aliphatic rings. The number of nitrogens with one attached hydrogen (secondary N) is 2. The zero-order valence-corrected chi connectivity index (χ0v) is 14.0. The number of methoxy groups -OCH3 is 2. The van der Waals surface area contributed by atoms with Gasteiger partial charge in [0.05, 0.1) is 27.4 Å². The van der Waals surface area contributed by atoms with E-state index in [1.165, 1.54) is 5.56 Å². The molecule has 0 saturated carbocycles. The fourth-order valence-electron chi connectivity index (χ4n) is 2.91. The number of morpholine rings is 1. The summed E-state index contributed by atoms with van der Waals surface area (Å²) in [5.74, 6) is 1.53. The van der Waals surface area contributed by atoms with Crippen LogP contribution in [0.3, 0.4) is 0 Å². The summed E-state index contributed by atoms with van der Waals surface area (Å²) in [4.78, 5) is 0. The Morgan fingerprint density at radius 2 is 2.05 bits per heavy atom. The molecule has 0 aliphatic carbocycles. The molecule has 3 atom stereocenters. The zero-order chi connectivity index (χ0) is 15.9. The number of hydrogen-bond donors (Lipinski definition) is 2. The van der Waals surface area contributed by atoms with Crippen LogP contribution in [0.4, 0.5) is 0 Å². The molecule has 1 heterocycles. The van der Waals surface area contributed by atoms with Crippen molar-refractivity contribution in [3.8, 4) is 11.5 Å². The van der Waals surface area contributed by atoms with Crippen molar-refractivity contribution in [2.45, 2.75) is 38.4 Å². The summed E-state index contributed by atoms with van der Waals surface area (Å²) < 4.78 is 16.2. The standard InChI is InChI=1S/C17H28N2O3/c1-12(9-15-11-22-8-7-18-15)19-13(2)14-5-6-16(20-3)17(10-14)21-4/h5-6,10,12-13,15,18-19H,7-9,11H2,1-4H3. The van der Waals surface area contributed by atoms with Gasteiger partial charge in [-0.1, -0.05) is 6.07 Å². The highest BCUT2D eigenvalue weighted by molar-refractivity contribution is 5.43. The molecule has 1 aromatic carbocycles. The summed E-state index contributed by atoms with van der Waals surface area (Å²) >= 11 is 0. The average molecular weight is 308 g/mol. The topological polar surface area (TPSA) is 51.8 Å². The van der Waals surface area contributed by atoms with Crippen LogP contribution < -0.4 is 20.1 Å². The van der Waals surface area contributed by atoms with Gasteiger partial charge in [0.1, 0.15) is 0 Å². The molecule has 22 heavy (non-hydrogen) atoms. The van der Waals surface area contributed by atoms with Crippen LogP contribution in [0.15, 0.2) is 18.2 Å². The van der Waals surface area contributed by atoms with Crippen molar-refractivity contribution in [2.75, 3.05) is 34.0 Å². The second-order valence-electron chi connectivity index (χ2n) is 5.87. The third-order valence-electron chi connectivity index (χ3n) is 4.08. The van der Waals surface area contributed by atoms with Gasteiger partial charge in [-0.2, -0.15) is 0 Å². The largest absolute Gasteiger partial charge is 0.493 e. The Morgan fingerprint density at radius 3 is 2.68 bits per heavy atom. The summed E-state index contributed by atoms with van der Waals surface area (Å²) in [5, 5.41) is 7.14. The van der Waals surface area contributed by atoms with E-state index in [2.05, 4.69) is 30.5 Å². The molecule has 1 aromatic rings. The lowest BCUT2D eigenvalue weighted by molar-refractivity contribution is 0.0708. The quantitative estimate of drug-likeness (QED) is 0.808. The molecule has 5 heteroatoms. The third-order valence-corrected chi connectivity index (χ3v) is 4.08. The first-order chi connectivity index (χ1) is 10.6. The van der Waals surface area contributed by atoms with Gasteiger partial charge in [0.2, 0.25) is 0 Å². The maximum Gasteiger partial charge on any atom is 0.161 e. The molecule has 0 bridgehead atoms. The van der Waals surface area contributed by atoms with E-state index in [1.807, 2.05) is 12.1 Å². The van der Waals surface area contributed by atoms with Gasteiger partial charge in [0.25, 0.3) is 0 Å². The summed E-state index contributed by atoms with van der Waals surface area (Å²) in [6.45, 7) is 6.95. The van der Waals surface area contributed by atoms with Gasteiger partial charge in [-0.15, -0.1) is 0 Å². The van der Waals surface area contributed by atoms with Gasteiger partial charge >= 0.3 is 0 Å². The molecule has 0 amide bonds. The van der Waals surface area contributed by atoms with Crippen molar-refractivity contribution in [1.82, 2.24) is 10.6 Å². The van der Waals surface area contributed by atoms with Crippen LogP contribution in [0.5, 0.6) is 11.5 Å². The van der Waals surface area contributed by atoms with Crippen LogP contribution in [0.1, 0.15) is 31.9 Å². The van der Waals surface area contributed by atoms with Gasteiger partial charge < -0.3 is 24.8 Å². The minimum Gasteiger partial charge on any atom is -0.493 e. The number of rotatable bonds is 7. The van der Waals surface area contributed by atoms with Gasteiger partial charge in [-0.05, 0) is 38.0 Å². The van der Waals surface area contributed by atoms with E-state index in [0.29, 0.717) is 12.1 Å². The SMILES string of the molecule is COc1ccc(C(C)NC(C)CC2COCCN2)cc1OC. The minimum absolute atomic E-state index is 0.249. The van der Waals surface area contributed by atoms with Crippen LogP contribution in [0.2, 0.25) is 0 Å². The molecule has 2 rings (SSSR count). The van der Waals surface area contributed by atoms with Crippen LogP contribution in [0, 0.1) is 0 Å². The first-order valence-corrected chi connectivity index (χ1v) is 7.93. The summed E-state index contributed by atoms with van der Waals surface area (Å²) in [5.41, 5.74) is 1.19. The lowest BCUT2D eigenvalue weighted by Crippen LogP contribution is -2.45. The van der Waals surface area contributed by atoms with E-state index in [9.17, 15) is 0 Å². The van der Waals surface area contributed by atoms with E-state index >= 15 is 0 Å². The van der Waals surface area contributed by atoms with Crippen molar-refractivity contribution in [2.24, 2.45) is 0 Å². The molecule has 0 radical (unpaired) electrons. The molecular weight excluding hydrogens is 280 g/mol. The Kier molecular flexibility index (Phi) is 6.49. The Morgan fingerprint density at radius 1 is 1.27 bits per heavy atom. The van der Waals surface area contributed by atoms with Crippen LogP contribution in [-0.4, -0.2) is 46.1 Å². The Bertz CT molecular complexity index is 461. The number of benzene rings is 1. The Labute approximate surface area is 133 Å². The summed E-state index contributed by atoms with van der Waals surface area (Å²) in [6.07, 6.45) is 1.05. The van der Waals surface area contributed by atoms with Crippen molar-refractivity contribution < 1.29 is 14.2 Å². The van der Waals surface area contributed by atoms with E-state index in [0.717, 1.165) is 37.7 Å². The number of hydrogen-bond acceptors (Lipinski definition) is 5. The van der Waals surface area contributed by atoms with Crippen molar-refractivity contribution in [3.05, 3.63) is 23.8 Å². The second-order valence-corrected chi connectivity index (χ2v) is 5.87. The minimum atomic E-state index is 0.249. The van der Waals surface area contributed by atoms with E-state index in [4.69, 9.17) is 14.2 Å². The highest BCUT2D eigenvalue weighted by Crippen LogP contribution is 2.30. The molecule has 0 aromatic heterocycles. The van der Waals surface area contributed by atoms with Gasteiger partial charge in [-0.3, -0.25) is 0 Å². The van der Waals surface area contributed by atoms with Crippen LogP contribution in [0.25, 0.3) is 0 Å². The summed E-state index contributed by atoms with van der Waals surface area (Å²) in [7, 11) is 3.32. The normalized spacial score (nSPS) is 21.2. The van der Waals surface area contributed by atoms with Crippen molar-refractivity contribution >= 4 is 0 Å². The molecule has 1 saturated heterocycles. The highest BCUT2D eigenvalue weighted by Gasteiger charge is 2.18. The molecule has 124 valence electrons. The zero-order valence-electron chi connectivity index (χ0n) is 14.0. The molecule has 3 unspecified atom stereocenters. The predicted octanol–water partition coefficient (Wildman–Crippen LogP) is 2.12. The number of ether oxygens (including phenoxy) is 3. The van der Waals surface area contributed by atoms with Gasteiger partial charge in [0, 0.05) is 24.7 Å². The fourth-order valence-corrected chi connectivity index (χ4v) is 2.91. The lowest BCUT2D eigenvalue weighted by atomic mass is 10.0. The van der Waals surface area contributed by atoms with Crippen LogP contribution >= 0.6 is 0 Å². The Balaban J connectivity index is 1.91. The first-order valence-electron chi connectivity index (χ1n) is 7.93. The van der Waals surface area contributed by atoms with E-state index in [-0.39, 0.29) is 6.04 Å². The first kappa shape index (κ1) is 17.1. The molecule has 0 spiro atoms. The lowest BCUT2D eigenvalue weighted by Gasteiger charge is -2.28. The molecule has 1 aliphatic heterocycles. The smallest absolute Gasteiger partial charge is 0.161 e. The highest BCUT2D eigenvalue weighted by atomic mass is 16.5. The third kappa shape index (κ3) is 4.60. The molecule has 1 fully saturated rings. The second kappa shape index (κ2) is 8.36. The predicted molar refractivity (Wildman–Crippen MR) is 87.8 cm³/mol. The fraction of sp³-hybridized carbons (Fsp3) is 0.647. The van der Waals surface area contributed by atoms with Crippen molar-refractivity contribution in [1.29, 1.82) is 0 Å². The monoisotopic (exact) mass is 308 g/mol. The molecule has 2 N–H and O–H groups in total. The van der Waals surface area contributed by atoms with Crippen molar-refractivity contribution in [3.63, 3.8) is 0 Å². The van der Waals surface area contributed by atoms with Gasteiger partial charge in [0.15, 0.2) is 11.5 Å². The Hall–Kier alpha value is -1.30. The molecule has 5 nitrogen and oxygen atoms in total. The van der Waals surface area contributed by atoms with E-state index < -0.39 is 0 Å². The maximum absolute atomic E-state index is 5.51. The maximum atomic E-state index is 5.51. The molecular formula is C17H28N2O3.